The van der Waals surface area contributed by atoms with Crippen molar-refractivity contribution in [3.63, 3.8) is 0 Å². The van der Waals surface area contributed by atoms with E-state index in [0.717, 1.165) is 25.9 Å². The van der Waals surface area contributed by atoms with Crippen LogP contribution < -0.4 is 10.0 Å². The topological polar surface area (TPSA) is 78.5 Å². The number of benzene rings is 1. The van der Waals surface area contributed by atoms with Crippen molar-refractivity contribution in [1.29, 1.82) is 0 Å². The monoisotopic (exact) mass is 367 g/mol. The van der Waals surface area contributed by atoms with E-state index in [-0.39, 0.29) is 16.8 Å². The number of hydrogen-bond donors (Lipinski definition) is 2. The SMILES string of the molecule is CC[C@@H](C)NS(=O)(=O)c1ccc(NC(=O)CN2CCC[C@H](C)C2)cc1. The third-order valence-corrected chi connectivity index (χ3v) is 6.13. The summed E-state index contributed by atoms with van der Waals surface area (Å²) in [4.78, 5) is 14.5. The minimum absolute atomic E-state index is 0.0672. The predicted octanol–water partition coefficient (Wildman–Crippen LogP) is 2.43. The van der Waals surface area contributed by atoms with Gasteiger partial charge in [-0.05, 0) is 62.9 Å². The Bertz CT molecular complexity index is 673. The Hall–Kier alpha value is -1.44. The Balaban J connectivity index is 1.92. The summed E-state index contributed by atoms with van der Waals surface area (Å²) in [6.07, 6.45) is 3.07. The zero-order valence-electron chi connectivity index (χ0n) is 15.3. The number of anilines is 1. The molecule has 1 aromatic carbocycles. The van der Waals surface area contributed by atoms with E-state index < -0.39 is 10.0 Å². The number of nitrogens with one attached hydrogen (secondary N) is 2. The summed E-state index contributed by atoms with van der Waals surface area (Å²) >= 11 is 0. The summed E-state index contributed by atoms with van der Waals surface area (Å²) in [6.45, 7) is 8.24. The Labute approximate surface area is 151 Å². The molecule has 0 saturated carbocycles. The van der Waals surface area contributed by atoms with Gasteiger partial charge in [-0.3, -0.25) is 9.69 Å². The van der Waals surface area contributed by atoms with Gasteiger partial charge in [0.2, 0.25) is 15.9 Å². The maximum atomic E-state index is 12.2. The second-order valence-corrected chi connectivity index (χ2v) is 8.70. The van der Waals surface area contributed by atoms with Crippen LogP contribution >= 0.6 is 0 Å². The van der Waals surface area contributed by atoms with Gasteiger partial charge in [-0.15, -0.1) is 0 Å². The number of nitrogens with zero attached hydrogens (tertiary/aromatic N) is 1. The molecule has 25 heavy (non-hydrogen) atoms. The minimum Gasteiger partial charge on any atom is -0.325 e. The molecule has 0 unspecified atom stereocenters. The maximum absolute atomic E-state index is 12.2. The predicted molar refractivity (Wildman–Crippen MR) is 100.0 cm³/mol. The molecule has 2 atom stereocenters. The van der Waals surface area contributed by atoms with E-state index in [0.29, 0.717) is 18.2 Å². The van der Waals surface area contributed by atoms with Gasteiger partial charge in [0.15, 0.2) is 0 Å². The highest BCUT2D eigenvalue weighted by Gasteiger charge is 2.19. The number of sulfonamides is 1. The van der Waals surface area contributed by atoms with Gasteiger partial charge in [0.05, 0.1) is 11.4 Å². The van der Waals surface area contributed by atoms with E-state index in [1.165, 1.54) is 18.6 Å². The summed E-state index contributed by atoms with van der Waals surface area (Å²) in [5, 5.41) is 2.84. The smallest absolute Gasteiger partial charge is 0.240 e. The van der Waals surface area contributed by atoms with Crippen molar-refractivity contribution >= 4 is 21.6 Å². The molecule has 140 valence electrons. The third-order valence-electron chi connectivity index (χ3n) is 4.53. The third kappa shape index (κ3) is 6.09. The highest BCUT2D eigenvalue weighted by Crippen LogP contribution is 2.17. The largest absolute Gasteiger partial charge is 0.325 e. The normalized spacial score (nSPS) is 20.2. The molecule has 1 saturated heterocycles. The molecule has 0 radical (unpaired) electrons. The van der Waals surface area contributed by atoms with Crippen LogP contribution in [0.5, 0.6) is 0 Å². The van der Waals surface area contributed by atoms with Crippen molar-refractivity contribution in [2.75, 3.05) is 25.0 Å². The van der Waals surface area contributed by atoms with Crippen LogP contribution in [0.4, 0.5) is 5.69 Å². The quantitative estimate of drug-likeness (QED) is 0.776. The molecule has 1 amide bonds. The Morgan fingerprint density at radius 1 is 1.32 bits per heavy atom. The van der Waals surface area contributed by atoms with Gasteiger partial charge in [0.1, 0.15) is 0 Å². The molecule has 2 rings (SSSR count). The number of piperidine rings is 1. The van der Waals surface area contributed by atoms with E-state index in [4.69, 9.17) is 0 Å². The molecule has 1 aromatic rings. The molecule has 0 aromatic heterocycles. The van der Waals surface area contributed by atoms with E-state index in [2.05, 4.69) is 21.9 Å². The minimum atomic E-state index is -3.52. The standard InChI is InChI=1S/C18H29N3O3S/c1-4-15(3)20-25(23,24)17-9-7-16(8-10-17)19-18(22)13-21-11-5-6-14(2)12-21/h7-10,14-15,20H,4-6,11-13H2,1-3H3,(H,19,22)/t14-,15+/m0/s1. The molecule has 2 N–H and O–H groups in total. The highest BCUT2D eigenvalue weighted by molar-refractivity contribution is 7.89. The number of hydrogen-bond acceptors (Lipinski definition) is 4. The van der Waals surface area contributed by atoms with Gasteiger partial charge in [-0.1, -0.05) is 13.8 Å². The van der Waals surface area contributed by atoms with E-state index in [1.54, 1.807) is 12.1 Å². The molecule has 1 aliphatic heterocycles. The Morgan fingerprint density at radius 2 is 2.00 bits per heavy atom. The fourth-order valence-corrected chi connectivity index (χ4v) is 4.29. The second kappa shape index (κ2) is 8.78. The van der Waals surface area contributed by atoms with Gasteiger partial charge in [-0.25, -0.2) is 13.1 Å². The first kappa shape index (κ1) is 19.9. The number of rotatable bonds is 7. The lowest BCUT2D eigenvalue weighted by atomic mass is 10.0. The van der Waals surface area contributed by atoms with Gasteiger partial charge < -0.3 is 5.32 Å². The van der Waals surface area contributed by atoms with Gasteiger partial charge in [-0.2, -0.15) is 0 Å². The molecular weight excluding hydrogens is 338 g/mol. The van der Waals surface area contributed by atoms with Crippen LogP contribution in [0.3, 0.4) is 0 Å². The molecule has 1 heterocycles. The zero-order valence-corrected chi connectivity index (χ0v) is 16.1. The van der Waals surface area contributed by atoms with Crippen LogP contribution in [0.2, 0.25) is 0 Å². The van der Waals surface area contributed by atoms with Crippen LogP contribution in [0.15, 0.2) is 29.2 Å². The highest BCUT2D eigenvalue weighted by atomic mass is 32.2. The van der Waals surface area contributed by atoms with Crippen LogP contribution in [0.25, 0.3) is 0 Å². The number of amides is 1. The summed E-state index contributed by atoms with van der Waals surface area (Å²) < 4.78 is 27.1. The van der Waals surface area contributed by atoms with Gasteiger partial charge in [0, 0.05) is 18.3 Å². The van der Waals surface area contributed by atoms with Crippen LogP contribution in [-0.2, 0) is 14.8 Å². The first-order chi connectivity index (χ1) is 11.8. The first-order valence-corrected chi connectivity index (χ1v) is 10.4. The fraction of sp³-hybridized carbons (Fsp3) is 0.611. The van der Waals surface area contributed by atoms with E-state index in [1.807, 2.05) is 13.8 Å². The van der Waals surface area contributed by atoms with Crippen LogP contribution in [0.1, 0.15) is 40.0 Å². The lowest BCUT2D eigenvalue weighted by Gasteiger charge is -2.30. The molecule has 1 fully saturated rings. The van der Waals surface area contributed by atoms with Crippen molar-refractivity contribution in [3.05, 3.63) is 24.3 Å². The second-order valence-electron chi connectivity index (χ2n) is 6.99. The summed E-state index contributed by atoms with van der Waals surface area (Å²) in [5.74, 6) is 0.562. The Kier molecular flexibility index (Phi) is 6.98. The fourth-order valence-electron chi connectivity index (χ4n) is 2.97. The lowest BCUT2D eigenvalue weighted by Crippen LogP contribution is -2.39. The number of carbonyl (C=O) groups is 1. The van der Waals surface area contributed by atoms with Crippen molar-refractivity contribution in [3.8, 4) is 0 Å². The molecule has 7 heteroatoms. The molecular formula is C18H29N3O3S. The first-order valence-electron chi connectivity index (χ1n) is 8.94. The summed E-state index contributed by atoms with van der Waals surface area (Å²) in [7, 11) is -3.52. The number of likely N-dealkylation sites (tertiary alicyclic amines) is 1. The molecule has 6 nitrogen and oxygen atoms in total. The molecule has 0 aliphatic carbocycles. The van der Waals surface area contributed by atoms with Crippen molar-refractivity contribution in [2.45, 2.75) is 51.0 Å². The maximum Gasteiger partial charge on any atom is 0.240 e. The van der Waals surface area contributed by atoms with Crippen molar-refractivity contribution < 1.29 is 13.2 Å². The van der Waals surface area contributed by atoms with Gasteiger partial charge >= 0.3 is 0 Å². The summed E-state index contributed by atoms with van der Waals surface area (Å²) in [6, 6.07) is 6.17. The Morgan fingerprint density at radius 3 is 2.60 bits per heavy atom. The zero-order chi connectivity index (χ0) is 18.4. The lowest BCUT2D eigenvalue weighted by molar-refractivity contribution is -0.117. The molecule has 1 aliphatic rings. The van der Waals surface area contributed by atoms with Gasteiger partial charge in [0.25, 0.3) is 0 Å². The van der Waals surface area contributed by atoms with Crippen LogP contribution in [0, 0.1) is 5.92 Å². The van der Waals surface area contributed by atoms with Crippen molar-refractivity contribution in [1.82, 2.24) is 9.62 Å². The molecule has 0 bridgehead atoms. The van der Waals surface area contributed by atoms with E-state index >= 15 is 0 Å². The average molecular weight is 368 g/mol. The number of carbonyl (C=O) groups excluding carboxylic acids is 1. The van der Waals surface area contributed by atoms with E-state index in [9.17, 15) is 13.2 Å². The average Bonchev–Trinajstić information content (AvgIpc) is 2.54. The van der Waals surface area contributed by atoms with Crippen molar-refractivity contribution in [2.24, 2.45) is 5.92 Å². The van der Waals surface area contributed by atoms with Crippen LogP contribution in [-0.4, -0.2) is 44.9 Å². The molecule has 0 spiro atoms. The summed E-state index contributed by atoms with van der Waals surface area (Å²) in [5.41, 5.74) is 0.609.